The van der Waals surface area contributed by atoms with Crippen molar-refractivity contribution in [2.24, 2.45) is 0 Å². The largest absolute Gasteiger partial charge is 0.384 e. The first-order chi connectivity index (χ1) is 9.94. The Morgan fingerprint density at radius 3 is 2.52 bits per heavy atom. The van der Waals surface area contributed by atoms with Gasteiger partial charge in [-0.1, -0.05) is 28.1 Å². The number of para-hydroxylation sites is 1. The second kappa shape index (κ2) is 6.44. The number of nitrogens with one attached hydrogen (secondary N) is 2. The first kappa shape index (κ1) is 15.8. The lowest BCUT2D eigenvalue weighted by Gasteiger charge is -2.13. The van der Waals surface area contributed by atoms with Gasteiger partial charge in [-0.2, -0.15) is 0 Å². The quantitative estimate of drug-likeness (QED) is 0.838. The van der Waals surface area contributed by atoms with Gasteiger partial charge in [-0.05, 0) is 37.3 Å². The van der Waals surface area contributed by atoms with Gasteiger partial charge in [-0.25, -0.2) is 12.8 Å². The zero-order chi connectivity index (χ0) is 15.5. The van der Waals surface area contributed by atoms with Crippen molar-refractivity contribution >= 4 is 37.3 Å². The summed E-state index contributed by atoms with van der Waals surface area (Å²) >= 11 is 3.13. The van der Waals surface area contributed by atoms with Crippen molar-refractivity contribution < 1.29 is 12.8 Å². The van der Waals surface area contributed by atoms with Crippen LogP contribution in [-0.4, -0.2) is 15.0 Å². The summed E-state index contributed by atoms with van der Waals surface area (Å²) < 4.78 is 41.4. The molecule has 2 rings (SSSR count). The third-order valence-corrected chi connectivity index (χ3v) is 4.64. The minimum absolute atomic E-state index is 0.0779. The van der Waals surface area contributed by atoms with Crippen molar-refractivity contribution in [3.63, 3.8) is 0 Å². The van der Waals surface area contributed by atoms with Crippen molar-refractivity contribution in [2.75, 3.05) is 16.6 Å². The molecule has 0 aliphatic carbocycles. The summed E-state index contributed by atoms with van der Waals surface area (Å²) in [5.74, 6) is -0.645. The third kappa shape index (κ3) is 3.74. The van der Waals surface area contributed by atoms with Crippen LogP contribution in [0.1, 0.15) is 6.92 Å². The molecule has 4 nitrogen and oxygen atoms in total. The summed E-state index contributed by atoms with van der Waals surface area (Å²) in [4.78, 5) is 0.0779. The molecular weight excluding hydrogens is 359 g/mol. The summed E-state index contributed by atoms with van der Waals surface area (Å²) in [5.41, 5.74) is 0.384. The molecule has 0 saturated heterocycles. The molecule has 0 bridgehead atoms. The minimum atomic E-state index is -3.87. The molecule has 2 aromatic rings. The fourth-order valence-corrected chi connectivity index (χ4v) is 3.40. The lowest BCUT2D eigenvalue weighted by molar-refractivity contribution is 0.598. The van der Waals surface area contributed by atoms with Gasteiger partial charge in [0.1, 0.15) is 10.7 Å². The van der Waals surface area contributed by atoms with E-state index in [0.29, 0.717) is 16.7 Å². The van der Waals surface area contributed by atoms with E-state index < -0.39 is 15.8 Å². The Kier molecular flexibility index (Phi) is 4.84. The molecule has 7 heteroatoms. The number of sulfonamides is 1. The van der Waals surface area contributed by atoms with Crippen LogP contribution in [0.5, 0.6) is 0 Å². The Morgan fingerprint density at radius 2 is 1.86 bits per heavy atom. The third-order valence-electron chi connectivity index (χ3n) is 2.72. The molecule has 0 amide bonds. The van der Waals surface area contributed by atoms with Gasteiger partial charge in [0, 0.05) is 11.0 Å². The normalized spacial score (nSPS) is 11.2. The number of rotatable bonds is 5. The van der Waals surface area contributed by atoms with Crippen LogP contribution in [0, 0.1) is 5.82 Å². The van der Waals surface area contributed by atoms with Gasteiger partial charge in [-0.3, -0.25) is 4.72 Å². The van der Waals surface area contributed by atoms with Crippen LogP contribution in [0.15, 0.2) is 51.8 Å². The van der Waals surface area contributed by atoms with Gasteiger partial charge in [0.15, 0.2) is 0 Å². The average Bonchev–Trinajstić information content (AvgIpc) is 2.43. The van der Waals surface area contributed by atoms with Crippen LogP contribution in [0.2, 0.25) is 0 Å². The monoisotopic (exact) mass is 372 g/mol. The zero-order valence-electron chi connectivity index (χ0n) is 11.2. The van der Waals surface area contributed by atoms with E-state index in [2.05, 4.69) is 26.0 Å². The first-order valence-corrected chi connectivity index (χ1v) is 8.52. The second-order valence-electron chi connectivity index (χ2n) is 4.26. The van der Waals surface area contributed by atoms with Gasteiger partial charge in [0.25, 0.3) is 10.0 Å². The smallest absolute Gasteiger partial charge is 0.264 e. The summed E-state index contributed by atoms with van der Waals surface area (Å²) in [5, 5.41) is 2.97. The van der Waals surface area contributed by atoms with E-state index in [1.165, 1.54) is 18.2 Å². The fraction of sp³-hybridized carbons (Fsp3) is 0.143. The van der Waals surface area contributed by atoms with Crippen LogP contribution in [0.4, 0.5) is 15.8 Å². The summed E-state index contributed by atoms with van der Waals surface area (Å²) in [6.07, 6.45) is 0. The molecule has 0 aliphatic heterocycles. The van der Waals surface area contributed by atoms with Crippen LogP contribution < -0.4 is 10.0 Å². The lowest BCUT2D eigenvalue weighted by atomic mass is 10.3. The predicted octanol–water partition coefficient (Wildman–Crippen LogP) is 3.82. The number of hydrogen-bond donors (Lipinski definition) is 2. The number of halogens is 2. The molecule has 0 saturated carbocycles. The van der Waals surface area contributed by atoms with E-state index >= 15 is 0 Å². The molecule has 0 spiro atoms. The van der Waals surface area contributed by atoms with Crippen LogP contribution in [-0.2, 0) is 10.0 Å². The van der Waals surface area contributed by atoms with Crippen molar-refractivity contribution in [3.8, 4) is 0 Å². The highest BCUT2D eigenvalue weighted by atomic mass is 79.9. The summed E-state index contributed by atoms with van der Waals surface area (Å²) in [6, 6.07) is 10.6. The maximum atomic E-state index is 13.8. The molecule has 0 radical (unpaired) electrons. The molecule has 2 N–H and O–H groups in total. The lowest BCUT2D eigenvalue weighted by Crippen LogP contribution is -2.16. The highest BCUT2D eigenvalue weighted by Crippen LogP contribution is 2.26. The standard InChI is InChI=1S/C14H14BrFN2O2S/c1-2-17-13-5-3-4-6-14(13)21(19,20)18-12-8-7-10(15)9-11(12)16/h3-9,17-18H,2H2,1H3. The molecule has 0 fully saturated rings. The van der Waals surface area contributed by atoms with Gasteiger partial charge < -0.3 is 5.32 Å². The zero-order valence-corrected chi connectivity index (χ0v) is 13.6. The number of benzene rings is 2. The first-order valence-electron chi connectivity index (χ1n) is 6.25. The van der Waals surface area contributed by atoms with Crippen molar-refractivity contribution in [1.82, 2.24) is 0 Å². The molecule has 0 aromatic heterocycles. The van der Waals surface area contributed by atoms with Crippen LogP contribution >= 0.6 is 15.9 Å². The molecule has 112 valence electrons. The fourth-order valence-electron chi connectivity index (χ4n) is 1.81. The van der Waals surface area contributed by atoms with Crippen molar-refractivity contribution in [1.29, 1.82) is 0 Å². The second-order valence-corrected chi connectivity index (χ2v) is 6.82. The predicted molar refractivity (Wildman–Crippen MR) is 85.5 cm³/mol. The van der Waals surface area contributed by atoms with E-state index in [4.69, 9.17) is 0 Å². The Balaban J connectivity index is 2.39. The Labute approximate surface area is 131 Å². The topological polar surface area (TPSA) is 58.2 Å². The van der Waals surface area contributed by atoms with E-state index in [0.717, 1.165) is 0 Å². The molecule has 2 aromatic carbocycles. The minimum Gasteiger partial charge on any atom is -0.384 e. The van der Waals surface area contributed by atoms with Gasteiger partial charge in [-0.15, -0.1) is 0 Å². The van der Waals surface area contributed by atoms with Gasteiger partial charge in [0.05, 0.1) is 11.4 Å². The molecule has 0 heterocycles. The number of hydrogen-bond acceptors (Lipinski definition) is 3. The maximum absolute atomic E-state index is 13.8. The Hall–Kier alpha value is -1.60. The molecule has 0 atom stereocenters. The van der Waals surface area contributed by atoms with Crippen LogP contribution in [0.25, 0.3) is 0 Å². The Bertz CT molecular complexity index is 750. The highest BCUT2D eigenvalue weighted by Gasteiger charge is 2.19. The van der Waals surface area contributed by atoms with Gasteiger partial charge in [0.2, 0.25) is 0 Å². The average molecular weight is 373 g/mol. The highest BCUT2D eigenvalue weighted by molar-refractivity contribution is 9.10. The molecule has 0 unspecified atom stereocenters. The van der Waals surface area contributed by atoms with Crippen molar-refractivity contribution in [2.45, 2.75) is 11.8 Å². The van der Waals surface area contributed by atoms with Gasteiger partial charge >= 0.3 is 0 Å². The SMILES string of the molecule is CCNc1ccccc1S(=O)(=O)Nc1ccc(Br)cc1F. The summed E-state index contributed by atoms with van der Waals surface area (Å²) in [6.45, 7) is 2.45. The van der Waals surface area contributed by atoms with E-state index in [9.17, 15) is 12.8 Å². The molecular formula is C14H14BrFN2O2S. The van der Waals surface area contributed by atoms with Crippen molar-refractivity contribution in [3.05, 3.63) is 52.8 Å². The summed E-state index contributed by atoms with van der Waals surface area (Å²) in [7, 11) is -3.87. The van der Waals surface area contributed by atoms with E-state index in [1.54, 1.807) is 24.3 Å². The molecule has 21 heavy (non-hydrogen) atoms. The van der Waals surface area contributed by atoms with Crippen LogP contribution in [0.3, 0.4) is 0 Å². The van der Waals surface area contributed by atoms with E-state index in [-0.39, 0.29) is 10.6 Å². The maximum Gasteiger partial charge on any atom is 0.264 e. The van der Waals surface area contributed by atoms with E-state index in [1.807, 2.05) is 6.92 Å². The Morgan fingerprint density at radius 1 is 1.14 bits per heavy atom. The number of anilines is 2. The molecule has 0 aliphatic rings.